The molecular weight excluding hydrogens is 418 g/mol. The number of carbonyl (C=O) groups is 1. The molecule has 0 atom stereocenters. The fraction of sp³-hybridized carbons (Fsp3) is 0.240. The van der Waals surface area contributed by atoms with Crippen molar-refractivity contribution in [3.05, 3.63) is 65.8 Å². The smallest absolute Gasteiger partial charge is 0.224 e. The first-order chi connectivity index (χ1) is 15.5. The summed E-state index contributed by atoms with van der Waals surface area (Å²) in [5.74, 6) is 0.825. The third-order valence-corrected chi connectivity index (χ3v) is 6.28. The van der Waals surface area contributed by atoms with Gasteiger partial charge in [-0.25, -0.2) is 9.97 Å². The average Bonchev–Trinajstić information content (AvgIpc) is 3.14. The number of nitrogens with zero attached hydrogens (tertiary/aromatic N) is 3. The van der Waals surface area contributed by atoms with E-state index in [4.69, 9.17) is 0 Å². The Morgan fingerprint density at radius 3 is 2.50 bits per heavy atom. The molecule has 2 aromatic heterocycles. The molecule has 2 aromatic carbocycles. The Kier molecular flexibility index (Phi) is 6.66. The van der Waals surface area contributed by atoms with Crippen LogP contribution in [0.25, 0.3) is 21.3 Å². The minimum Gasteiger partial charge on any atom is -0.378 e. The summed E-state index contributed by atoms with van der Waals surface area (Å²) < 4.78 is 0. The van der Waals surface area contributed by atoms with Crippen LogP contribution in [-0.4, -0.2) is 36.5 Å². The minimum absolute atomic E-state index is 0.00795. The lowest BCUT2D eigenvalue weighted by Crippen LogP contribution is -2.14. The Labute approximate surface area is 192 Å². The van der Waals surface area contributed by atoms with Crippen molar-refractivity contribution in [1.29, 1.82) is 0 Å². The van der Waals surface area contributed by atoms with Crippen molar-refractivity contribution in [2.45, 2.75) is 19.8 Å². The van der Waals surface area contributed by atoms with Gasteiger partial charge in [-0.2, -0.15) is 0 Å². The monoisotopic (exact) mass is 445 g/mol. The Bertz CT molecular complexity index is 1200. The van der Waals surface area contributed by atoms with E-state index in [9.17, 15) is 4.79 Å². The number of aryl methyl sites for hydroxylation is 1. The van der Waals surface area contributed by atoms with Gasteiger partial charge >= 0.3 is 0 Å². The molecule has 4 rings (SSSR count). The number of nitrogens with one attached hydrogen (secondary N) is 2. The summed E-state index contributed by atoms with van der Waals surface area (Å²) >= 11 is 1.68. The second kappa shape index (κ2) is 9.78. The molecule has 7 heteroatoms. The number of hydrogen-bond donors (Lipinski definition) is 2. The predicted octanol–water partition coefficient (Wildman–Crippen LogP) is 5.56. The highest BCUT2D eigenvalue weighted by molar-refractivity contribution is 7.19. The van der Waals surface area contributed by atoms with Gasteiger partial charge in [0.05, 0.1) is 5.39 Å². The van der Waals surface area contributed by atoms with E-state index in [1.165, 1.54) is 10.4 Å². The van der Waals surface area contributed by atoms with Gasteiger partial charge in [-0.05, 0) is 43.2 Å². The quantitative estimate of drug-likeness (QED) is 0.347. The summed E-state index contributed by atoms with van der Waals surface area (Å²) in [7, 11) is 3.98. The molecule has 32 heavy (non-hydrogen) atoms. The van der Waals surface area contributed by atoms with Crippen molar-refractivity contribution in [3.63, 3.8) is 0 Å². The van der Waals surface area contributed by atoms with Gasteiger partial charge in [-0.1, -0.05) is 30.3 Å². The molecule has 0 aliphatic rings. The van der Waals surface area contributed by atoms with E-state index in [0.717, 1.165) is 33.0 Å². The van der Waals surface area contributed by atoms with Crippen molar-refractivity contribution in [2.24, 2.45) is 0 Å². The van der Waals surface area contributed by atoms with Crippen LogP contribution in [0.5, 0.6) is 0 Å². The largest absolute Gasteiger partial charge is 0.378 e. The molecule has 0 spiro atoms. The van der Waals surface area contributed by atoms with Crippen LogP contribution in [0.1, 0.15) is 17.7 Å². The van der Waals surface area contributed by atoms with Crippen LogP contribution >= 0.6 is 11.3 Å². The molecule has 0 saturated carbocycles. The zero-order chi connectivity index (χ0) is 22.5. The van der Waals surface area contributed by atoms with Crippen molar-refractivity contribution >= 4 is 44.7 Å². The minimum atomic E-state index is 0.00795. The van der Waals surface area contributed by atoms with Crippen molar-refractivity contribution in [3.8, 4) is 11.1 Å². The first-order valence-corrected chi connectivity index (χ1v) is 11.4. The molecule has 4 aromatic rings. The van der Waals surface area contributed by atoms with E-state index < -0.39 is 0 Å². The Hall–Kier alpha value is -3.45. The zero-order valence-corrected chi connectivity index (χ0v) is 19.4. The molecule has 0 saturated heterocycles. The van der Waals surface area contributed by atoms with Gasteiger partial charge in [0.1, 0.15) is 17.0 Å². The van der Waals surface area contributed by atoms with Gasteiger partial charge in [0.2, 0.25) is 5.91 Å². The van der Waals surface area contributed by atoms with Crippen molar-refractivity contribution < 1.29 is 4.79 Å². The normalized spacial score (nSPS) is 10.8. The Morgan fingerprint density at radius 2 is 1.78 bits per heavy atom. The lowest BCUT2D eigenvalue weighted by Gasteiger charge is -2.13. The van der Waals surface area contributed by atoms with Crippen LogP contribution in [0.3, 0.4) is 0 Å². The topological polar surface area (TPSA) is 70.1 Å². The van der Waals surface area contributed by atoms with Gasteiger partial charge in [-0.3, -0.25) is 4.79 Å². The van der Waals surface area contributed by atoms with E-state index in [1.54, 1.807) is 17.7 Å². The molecule has 6 nitrogen and oxygen atoms in total. The predicted molar refractivity (Wildman–Crippen MR) is 135 cm³/mol. The number of hydrogen-bond acceptors (Lipinski definition) is 6. The number of amides is 1. The molecule has 1 amide bonds. The number of carbonyl (C=O) groups excluding carboxylic acids is 1. The third-order valence-electron chi connectivity index (χ3n) is 5.27. The maximum Gasteiger partial charge on any atom is 0.224 e. The van der Waals surface area contributed by atoms with Gasteiger partial charge in [0.15, 0.2) is 0 Å². The second-order valence-electron chi connectivity index (χ2n) is 7.82. The zero-order valence-electron chi connectivity index (χ0n) is 18.6. The highest BCUT2D eigenvalue weighted by Gasteiger charge is 2.16. The summed E-state index contributed by atoms with van der Waals surface area (Å²) in [6.07, 6.45) is 2.74. The van der Waals surface area contributed by atoms with E-state index in [2.05, 4.69) is 39.7 Å². The summed E-state index contributed by atoms with van der Waals surface area (Å²) in [5, 5.41) is 7.43. The molecule has 0 fully saturated rings. The SMILES string of the molecule is Cc1sc2ncnc(NCCCC(=O)Nc3ccc(N(C)C)cc3)c2c1-c1ccccc1. The average molecular weight is 446 g/mol. The van der Waals surface area contributed by atoms with Gasteiger partial charge in [0, 0.05) is 48.9 Å². The molecule has 0 aliphatic carbocycles. The van der Waals surface area contributed by atoms with Crippen LogP contribution in [0.2, 0.25) is 0 Å². The van der Waals surface area contributed by atoms with Crippen LogP contribution in [0.15, 0.2) is 60.9 Å². The summed E-state index contributed by atoms with van der Waals surface area (Å²) in [6, 6.07) is 18.2. The van der Waals surface area contributed by atoms with Crippen LogP contribution in [0, 0.1) is 6.92 Å². The fourth-order valence-corrected chi connectivity index (χ4v) is 4.67. The molecule has 164 valence electrons. The lowest BCUT2D eigenvalue weighted by atomic mass is 10.0. The van der Waals surface area contributed by atoms with Crippen LogP contribution in [-0.2, 0) is 4.79 Å². The third kappa shape index (κ3) is 4.89. The number of thiophene rings is 1. The summed E-state index contributed by atoms with van der Waals surface area (Å²) in [6.45, 7) is 2.77. The van der Waals surface area contributed by atoms with Crippen LogP contribution in [0.4, 0.5) is 17.2 Å². The number of aromatic nitrogens is 2. The highest BCUT2D eigenvalue weighted by Crippen LogP contribution is 2.40. The summed E-state index contributed by atoms with van der Waals surface area (Å²) in [4.78, 5) is 25.5. The number of benzene rings is 2. The van der Waals surface area contributed by atoms with E-state index in [1.807, 2.05) is 61.5 Å². The first-order valence-electron chi connectivity index (χ1n) is 10.6. The Morgan fingerprint density at radius 1 is 1.03 bits per heavy atom. The van der Waals surface area contributed by atoms with Gasteiger partial charge < -0.3 is 15.5 Å². The lowest BCUT2D eigenvalue weighted by molar-refractivity contribution is -0.116. The molecular formula is C25H27N5OS. The highest BCUT2D eigenvalue weighted by atomic mass is 32.1. The molecule has 2 N–H and O–H groups in total. The number of rotatable bonds is 8. The summed E-state index contributed by atoms with van der Waals surface area (Å²) in [5.41, 5.74) is 4.25. The van der Waals surface area contributed by atoms with Crippen LogP contribution < -0.4 is 15.5 Å². The van der Waals surface area contributed by atoms with Gasteiger partial charge in [0.25, 0.3) is 0 Å². The molecule has 0 aliphatic heterocycles. The van der Waals surface area contributed by atoms with Crippen molar-refractivity contribution in [1.82, 2.24) is 9.97 Å². The van der Waals surface area contributed by atoms with Crippen molar-refractivity contribution in [2.75, 3.05) is 36.2 Å². The maximum absolute atomic E-state index is 12.3. The Balaban J connectivity index is 1.38. The molecule has 0 radical (unpaired) electrons. The number of anilines is 3. The second-order valence-corrected chi connectivity index (χ2v) is 9.02. The standard InChI is InChI=1S/C25H27N5OS/c1-17-22(18-8-5-4-6-9-18)23-24(27-16-28-25(23)32-17)26-15-7-10-21(31)29-19-11-13-20(14-12-19)30(2)3/h4-6,8-9,11-14,16H,7,10,15H2,1-3H3,(H,29,31)(H,26,27,28). The number of fused-ring (bicyclic) bond motifs is 1. The molecule has 0 unspecified atom stereocenters. The molecule has 2 heterocycles. The first kappa shape index (κ1) is 21.8. The fourth-order valence-electron chi connectivity index (χ4n) is 3.65. The molecule has 0 bridgehead atoms. The van der Waals surface area contributed by atoms with E-state index >= 15 is 0 Å². The van der Waals surface area contributed by atoms with E-state index in [0.29, 0.717) is 19.4 Å². The van der Waals surface area contributed by atoms with Gasteiger partial charge in [-0.15, -0.1) is 11.3 Å². The maximum atomic E-state index is 12.3. The van der Waals surface area contributed by atoms with E-state index in [-0.39, 0.29) is 5.91 Å².